The standard InChI is InChI=1S/C19H21N3O4/c23-18-14(7-6-12-4-2-1-3-5-12)17(13-8-9-26-11-13)20-16-10-15(19(24)25)21-22(16)18/h8-12,20H,1-7H2,(H,24,25). The number of nitrogens with one attached hydrogen (secondary N) is 1. The molecule has 1 aliphatic rings. The van der Waals surface area contributed by atoms with Crippen LogP contribution in [0.1, 0.15) is 54.6 Å². The maximum Gasteiger partial charge on any atom is 0.356 e. The number of aromatic carboxylic acids is 1. The molecule has 26 heavy (non-hydrogen) atoms. The van der Waals surface area contributed by atoms with Gasteiger partial charge in [0.15, 0.2) is 5.69 Å². The van der Waals surface area contributed by atoms with E-state index < -0.39 is 5.97 Å². The Morgan fingerprint density at radius 1 is 1.35 bits per heavy atom. The van der Waals surface area contributed by atoms with Gasteiger partial charge in [0.05, 0.1) is 18.2 Å². The Hall–Kier alpha value is -2.83. The average Bonchev–Trinajstić information content (AvgIpc) is 3.31. The summed E-state index contributed by atoms with van der Waals surface area (Å²) in [6.07, 6.45) is 11.0. The van der Waals surface area contributed by atoms with E-state index in [9.17, 15) is 9.59 Å². The van der Waals surface area contributed by atoms with Crippen LogP contribution in [0.3, 0.4) is 0 Å². The van der Waals surface area contributed by atoms with Crippen LogP contribution < -0.4 is 5.56 Å². The molecule has 7 heteroatoms. The largest absolute Gasteiger partial charge is 0.476 e. The van der Waals surface area contributed by atoms with E-state index in [0.717, 1.165) is 16.5 Å². The van der Waals surface area contributed by atoms with Crippen LogP contribution in [0.25, 0.3) is 16.9 Å². The number of fused-ring (bicyclic) bond motifs is 1. The Morgan fingerprint density at radius 2 is 2.15 bits per heavy atom. The summed E-state index contributed by atoms with van der Waals surface area (Å²) < 4.78 is 6.33. The first kappa shape index (κ1) is 16.6. The quantitative estimate of drug-likeness (QED) is 0.729. The smallest absolute Gasteiger partial charge is 0.356 e. The number of furan rings is 1. The van der Waals surface area contributed by atoms with E-state index >= 15 is 0 Å². The minimum atomic E-state index is -1.16. The van der Waals surface area contributed by atoms with Crippen molar-refractivity contribution < 1.29 is 14.3 Å². The lowest BCUT2D eigenvalue weighted by Gasteiger charge is -2.21. The summed E-state index contributed by atoms with van der Waals surface area (Å²) in [5, 5.41) is 13.1. The minimum absolute atomic E-state index is 0.152. The van der Waals surface area contributed by atoms with Gasteiger partial charge in [0.1, 0.15) is 5.65 Å². The number of hydrogen-bond acceptors (Lipinski definition) is 4. The summed E-state index contributed by atoms with van der Waals surface area (Å²) in [6.45, 7) is 0. The molecule has 0 saturated heterocycles. The second-order valence-corrected chi connectivity index (χ2v) is 6.97. The zero-order chi connectivity index (χ0) is 18.1. The van der Waals surface area contributed by atoms with Gasteiger partial charge < -0.3 is 14.5 Å². The maximum absolute atomic E-state index is 13.0. The number of H-pyrrole nitrogens is 1. The van der Waals surface area contributed by atoms with Crippen molar-refractivity contribution in [3.63, 3.8) is 0 Å². The third-order valence-electron chi connectivity index (χ3n) is 5.27. The predicted molar refractivity (Wildman–Crippen MR) is 95.4 cm³/mol. The van der Waals surface area contributed by atoms with Crippen LogP contribution in [-0.4, -0.2) is 25.7 Å². The highest BCUT2D eigenvalue weighted by Gasteiger charge is 2.20. The van der Waals surface area contributed by atoms with E-state index in [1.54, 1.807) is 18.6 Å². The second-order valence-electron chi connectivity index (χ2n) is 6.97. The number of hydrogen-bond donors (Lipinski definition) is 2. The van der Waals surface area contributed by atoms with Gasteiger partial charge in [0, 0.05) is 17.2 Å². The van der Waals surface area contributed by atoms with Crippen molar-refractivity contribution in [2.75, 3.05) is 0 Å². The maximum atomic E-state index is 13.0. The molecule has 7 nitrogen and oxygen atoms in total. The fourth-order valence-corrected chi connectivity index (χ4v) is 3.88. The molecule has 4 rings (SSSR count). The Balaban J connectivity index is 1.77. The number of carboxylic acid groups (broad SMARTS) is 1. The van der Waals surface area contributed by atoms with Crippen LogP contribution in [0.5, 0.6) is 0 Å². The lowest BCUT2D eigenvalue weighted by molar-refractivity contribution is 0.0690. The fraction of sp³-hybridized carbons (Fsp3) is 0.421. The van der Waals surface area contributed by atoms with Gasteiger partial charge in [0.2, 0.25) is 0 Å². The first-order chi connectivity index (χ1) is 12.6. The molecule has 0 radical (unpaired) electrons. The summed E-state index contributed by atoms with van der Waals surface area (Å²) >= 11 is 0. The van der Waals surface area contributed by atoms with Crippen LogP contribution >= 0.6 is 0 Å². The predicted octanol–water partition coefficient (Wildman–Crippen LogP) is 3.49. The van der Waals surface area contributed by atoms with E-state index in [1.165, 1.54) is 38.2 Å². The molecule has 136 valence electrons. The lowest BCUT2D eigenvalue weighted by atomic mass is 9.85. The summed E-state index contributed by atoms with van der Waals surface area (Å²) in [5.41, 5.74) is 2.04. The topological polar surface area (TPSA) is 101 Å². The Morgan fingerprint density at radius 3 is 2.85 bits per heavy atom. The summed E-state index contributed by atoms with van der Waals surface area (Å²) in [6, 6.07) is 3.17. The zero-order valence-corrected chi connectivity index (χ0v) is 14.4. The number of aromatic amines is 1. The van der Waals surface area contributed by atoms with E-state index in [0.29, 0.717) is 29.2 Å². The van der Waals surface area contributed by atoms with E-state index in [4.69, 9.17) is 9.52 Å². The Kier molecular flexibility index (Phi) is 4.36. The molecule has 1 aliphatic carbocycles. The number of carboxylic acids is 1. The van der Waals surface area contributed by atoms with Crippen molar-refractivity contribution in [2.45, 2.75) is 44.9 Å². The van der Waals surface area contributed by atoms with E-state index in [-0.39, 0.29) is 11.3 Å². The molecule has 0 atom stereocenters. The summed E-state index contributed by atoms with van der Waals surface area (Å²) in [5.74, 6) is -0.515. The van der Waals surface area contributed by atoms with E-state index in [2.05, 4.69) is 10.1 Å². The van der Waals surface area contributed by atoms with Gasteiger partial charge in [0.25, 0.3) is 5.56 Å². The molecule has 3 heterocycles. The normalized spacial score (nSPS) is 15.5. The monoisotopic (exact) mass is 355 g/mol. The van der Waals surface area contributed by atoms with Gasteiger partial charge in [-0.2, -0.15) is 9.61 Å². The van der Waals surface area contributed by atoms with Gasteiger partial charge in [-0.25, -0.2) is 4.79 Å². The molecule has 0 aromatic carbocycles. The molecular weight excluding hydrogens is 334 g/mol. The van der Waals surface area contributed by atoms with Crippen molar-refractivity contribution >= 4 is 11.6 Å². The second kappa shape index (κ2) is 6.82. The first-order valence-corrected chi connectivity index (χ1v) is 9.04. The highest BCUT2D eigenvalue weighted by molar-refractivity contribution is 5.86. The number of rotatable bonds is 5. The third kappa shape index (κ3) is 3.05. The average molecular weight is 355 g/mol. The molecule has 1 fully saturated rings. The molecule has 2 N–H and O–H groups in total. The summed E-state index contributed by atoms with van der Waals surface area (Å²) in [4.78, 5) is 27.4. The van der Waals surface area contributed by atoms with Gasteiger partial charge in [-0.15, -0.1) is 0 Å². The van der Waals surface area contributed by atoms with Crippen LogP contribution in [0.4, 0.5) is 0 Å². The first-order valence-electron chi connectivity index (χ1n) is 9.04. The molecule has 3 aromatic heterocycles. The van der Waals surface area contributed by atoms with Crippen LogP contribution in [-0.2, 0) is 6.42 Å². The fourth-order valence-electron chi connectivity index (χ4n) is 3.88. The van der Waals surface area contributed by atoms with Gasteiger partial charge in [-0.05, 0) is 24.8 Å². The Bertz CT molecular complexity index is 978. The molecular formula is C19H21N3O4. The molecule has 0 unspecified atom stereocenters. The van der Waals surface area contributed by atoms with Crippen LogP contribution in [0.15, 0.2) is 33.9 Å². The summed E-state index contributed by atoms with van der Waals surface area (Å²) in [7, 11) is 0. The molecule has 3 aromatic rings. The number of aromatic nitrogens is 3. The van der Waals surface area contributed by atoms with Crippen molar-refractivity contribution in [1.82, 2.24) is 14.6 Å². The van der Waals surface area contributed by atoms with Gasteiger partial charge in [-0.1, -0.05) is 32.1 Å². The number of carbonyl (C=O) groups is 1. The molecule has 0 bridgehead atoms. The van der Waals surface area contributed by atoms with Gasteiger partial charge in [-0.3, -0.25) is 4.79 Å². The molecule has 1 saturated carbocycles. The van der Waals surface area contributed by atoms with Crippen LogP contribution in [0.2, 0.25) is 0 Å². The SMILES string of the molecule is O=C(O)c1cc2[nH]c(-c3ccoc3)c(CCC3CCCCC3)c(=O)n2n1. The van der Waals surface area contributed by atoms with Crippen LogP contribution in [0, 0.1) is 5.92 Å². The third-order valence-corrected chi connectivity index (χ3v) is 5.27. The van der Waals surface area contributed by atoms with Crippen molar-refractivity contribution in [3.8, 4) is 11.3 Å². The Labute approximate surface area is 149 Å². The van der Waals surface area contributed by atoms with E-state index in [1.807, 2.05) is 0 Å². The van der Waals surface area contributed by atoms with Crippen molar-refractivity contribution in [1.29, 1.82) is 0 Å². The lowest BCUT2D eigenvalue weighted by Crippen LogP contribution is -2.22. The zero-order valence-electron chi connectivity index (χ0n) is 14.4. The minimum Gasteiger partial charge on any atom is -0.476 e. The van der Waals surface area contributed by atoms with Crippen molar-refractivity contribution in [2.24, 2.45) is 5.92 Å². The highest BCUT2D eigenvalue weighted by atomic mass is 16.4. The van der Waals surface area contributed by atoms with Gasteiger partial charge >= 0.3 is 5.97 Å². The van der Waals surface area contributed by atoms with Crippen molar-refractivity contribution in [3.05, 3.63) is 46.3 Å². The highest BCUT2D eigenvalue weighted by Crippen LogP contribution is 2.29. The number of nitrogens with zero attached hydrogens (tertiary/aromatic N) is 2. The molecule has 0 amide bonds. The molecule has 0 spiro atoms. The molecule has 0 aliphatic heterocycles.